The molecule has 130 valence electrons. The van der Waals surface area contributed by atoms with Gasteiger partial charge in [-0.1, -0.05) is 30.1 Å². The number of halogens is 2. The number of rotatable bonds is 5. The molecule has 0 aliphatic carbocycles. The molecular formula is C14H19Cl2NO4S2. The Morgan fingerprint density at radius 3 is 2.43 bits per heavy atom. The van der Waals surface area contributed by atoms with Gasteiger partial charge in [-0.05, 0) is 38.0 Å². The zero-order valence-corrected chi connectivity index (χ0v) is 16.0. The first-order valence-electron chi connectivity index (χ1n) is 7.27. The third-order valence-electron chi connectivity index (χ3n) is 4.06. The molecule has 0 unspecified atom stereocenters. The summed E-state index contributed by atoms with van der Waals surface area (Å²) in [5.41, 5.74) is 0. The lowest BCUT2D eigenvalue weighted by Crippen LogP contribution is -2.46. The Hall–Kier alpha value is -0.340. The Kier molecular flexibility index (Phi) is 5.68. The Morgan fingerprint density at radius 1 is 1.30 bits per heavy atom. The van der Waals surface area contributed by atoms with Gasteiger partial charge in [-0.3, -0.25) is 0 Å². The highest BCUT2D eigenvalue weighted by Crippen LogP contribution is 2.31. The Labute approximate surface area is 147 Å². The van der Waals surface area contributed by atoms with Crippen LogP contribution < -0.4 is 0 Å². The third-order valence-corrected chi connectivity index (χ3v) is 8.61. The minimum Gasteiger partial charge on any atom is -0.229 e. The fourth-order valence-electron chi connectivity index (χ4n) is 2.71. The quantitative estimate of drug-likeness (QED) is 0.762. The van der Waals surface area contributed by atoms with Crippen LogP contribution in [0.1, 0.15) is 26.7 Å². The Balaban J connectivity index is 2.47. The number of sulfone groups is 1. The molecule has 0 amide bonds. The van der Waals surface area contributed by atoms with Gasteiger partial charge in [0.2, 0.25) is 10.0 Å². The van der Waals surface area contributed by atoms with Crippen LogP contribution in [0.3, 0.4) is 0 Å². The highest BCUT2D eigenvalue weighted by atomic mass is 35.5. The van der Waals surface area contributed by atoms with E-state index in [0.29, 0.717) is 12.8 Å². The summed E-state index contributed by atoms with van der Waals surface area (Å²) in [6.45, 7) is 3.64. The summed E-state index contributed by atoms with van der Waals surface area (Å²) in [7, 11) is -7.05. The van der Waals surface area contributed by atoms with E-state index in [1.807, 2.05) is 6.92 Å². The van der Waals surface area contributed by atoms with Crippen molar-refractivity contribution in [2.75, 3.05) is 11.5 Å². The van der Waals surface area contributed by atoms with Gasteiger partial charge in [0.1, 0.15) is 0 Å². The van der Waals surface area contributed by atoms with Crippen LogP contribution >= 0.6 is 23.2 Å². The maximum atomic E-state index is 13.0. The second kappa shape index (κ2) is 6.88. The molecule has 1 aliphatic heterocycles. The molecule has 0 aromatic heterocycles. The van der Waals surface area contributed by atoms with Crippen molar-refractivity contribution < 1.29 is 16.8 Å². The lowest BCUT2D eigenvalue weighted by Gasteiger charge is -2.32. The molecule has 2 atom stereocenters. The molecule has 9 heteroatoms. The fraction of sp³-hybridized carbons (Fsp3) is 0.571. The highest BCUT2D eigenvalue weighted by Gasteiger charge is 2.40. The summed E-state index contributed by atoms with van der Waals surface area (Å²) in [4.78, 5) is 0.0245. The van der Waals surface area contributed by atoms with Gasteiger partial charge in [-0.25, -0.2) is 16.8 Å². The molecule has 0 N–H and O–H groups in total. The first-order valence-corrected chi connectivity index (χ1v) is 11.3. The van der Waals surface area contributed by atoms with E-state index < -0.39 is 25.9 Å². The van der Waals surface area contributed by atoms with Crippen LogP contribution in [-0.2, 0) is 19.9 Å². The summed E-state index contributed by atoms with van der Waals surface area (Å²) >= 11 is 11.8. The van der Waals surface area contributed by atoms with E-state index in [4.69, 9.17) is 23.2 Å². The van der Waals surface area contributed by atoms with Gasteiger partial charge >= 0.3 is 0 Å². The monoisotopic (exact) mass is 399 g/mol. The number of benzene rings is 1. The number of nitrogens with zero attached hydrogens (tertiary/aromatic N) is 1. The first-order chi connectivity index (χ1) is 10.6. The molecule has 2 rings (SSSR count). The van der Waals surface area contributed by atoms with Crippen molar-refractivity contribution in [2.45, 2.75) is 43.7 Å². The van der Waals surface area contributed by atoms with Crippen LogP contribution in [0, 0.1) is 0 Å². The lowest BCUT2D eigenvalue weighted by molar-refractivity contribution is 0.271. The van der Waals surface area contributed by atoms with E-state index in [2.05, 4.69) is 0 Å². The molecule has 0 saturated carbocycles. The zero-order valence-electron chi connectivity index (χ0n) is 12.9. The van der Waals surface area contributed by atoms with Crippen molar-refractivity contribution in [1.29, 1.82) is 0 Å². The van der Waals surface area contributed by atoms with Crippen molar-refractivity contribution >= 4 is 43.1 Å². The van der Waals surface area contributed by atoms with Crippen molar-refractivity contribution in [3.8, 4) is 0 Å². The number of sulfonamides is 1. The van der Waals surface area contributed by atoms with Crippen LogP contribution in [-0.4, -0.2) is 44.7 Å². The van der Waals surface area contributed by atoms with Crippen LogP contribution in [0.5, 0.6) is 0 Å². The smallest absolute Gasteiger partial charge is 0.229 e. The van der Waals surface area contributed by atoms with Crippen LogP contribution in [0.15, 0.2) is 23.1 Å². The molecule has 23 heavy (non-hydrogen) atoms. The van der Waals surface area contributed by atoms with Gasteiger partial charge in [0.25, 0.3) is 0 Å². The van der Waals surface area contributed by atoms with Crippen molar-refractivity contribution in [1.82, 2.24) is 4.31 Å². The molecule has 0 spiro atoms. The zero-order chi connectivity index (χ0) is 17.4. The number of hydrogen-bond acceptors (Lipinski definition) is 4. The predicted molar refractivity (Wildman–Crippen MR) is 92.3 cm³/mol. The highest BCUT2D eigenvalue weighted by molar-refractivity contribution is 7.92. The van der Waals surface area contributed by atoms with Gasteiger partial charge in [0.15, 0.2) is 9.84 Å². The normalized spacial score (nSPS) is 22.4. The van der Waals surface area contributed by atoms with Crippen LogP contribution in [0.4, 0.5) is 0 Å². The predicted octanol–water partition coefficient (Wildman–Crippen LogP) is 2.97. The summed E-state index contributed by atoms with van der Waals surface area (Å²) < 4.78 is 50.9. The minimum atomic E-state index is -3.86. The summed E-state index contributed by atoms with van der Waals surface area (Å²) in [5.74, 6) is -0.126. The van der Waals surface area contributed by atoms with Crippen molar-refractivity contribution in [3.63, 3.8) is 0 Å². The Morgan fingerprint density at radius 2 is 1.96 bits per heavy atom. The molecule has 1 heterocycles. The van der Waals surface area contributed by atoms with E-state index in [1.165, 1.54) is 22.5 Å². The second-order valence-corrected chi connectivity index (χ2v) is 10.6. The molecule has 0 bridgehead atoms. The molecular weight excluding hydrogens is 381 g/mol. The summed E-state index contributed by atoms with van der Waals surface area (Å²) in [5, 5.41) is 0.417. The summed E-state index contributed by atoms with van der Waals surface area (Å²) in [6.07, 6.45) is 0.893. The van der Waals surface area contributed by atoms with Crippen molar-refractivity contribution in [2.24, 2.45) is 0 Å². The summed E-state index contributed by atoms with van der Waals surface area (Å²) in [6, 6.07) is 3.26. The average Bonchev–Trinajstić information content (AvgIpc) is 2.81. The van der Waals surface area contributed by atoms with E-state index in [1.54, 1.807) is 6.92 Å². The molecule has 1 aliphatic rings. The molecule has 0 radical (unpaired) electrons. The maximum absolute atomic E-state index is 13.0. The molecule has 1 fully saturated rings. The van der Waals surface area contributed by atoms with E-state index in [0.717, 1.165) is 0 Å². The van der Waals surface area contributed by atoms with E-state index >= 15 is 0 Å². The lowest BCUT2D eigenvalue weighted by atomic mass is 10.2. The first kappa shape index (κ1) is 19.0. The third kappa shape index (κ3) is 4.02. The fourth-order valence-corrected chi connectivity index (χ4v) is 6.82. The van der Waals surface area contributed by atoms with Gasteiger partial charge in [-0.2, -0.15) is 4.31 Å². The van der Waals surface area contributed by atoms with E-state index in [-0.39, 0.29) is 32.5 Å². The van der Waals surface area contributed by atoms with Gasteiger partial charge < -0.3 is 0 Å². The largest absolute Gasteiger partial charge is 0.243 e. The molecule has 1 aromatic carbocycles. The van der Waals surface area contributed by atoms with Crippen LogP contribution in [0.25, 0.3) is 0 Å². The molecule has 1 saturated heterocycles. The van der Waals surface area contributed by atoms with Gasteiger partial charge in [-0.15, -0.1) is 0 Å². The average molecular weight is 400 g/mol. The van der Waals surface area contributed by atoms with Gasteiger partial charge in [0.05, 0.1) is 26.4 Å². The maximum Gasteiger partial charge on any atom is 0.243 e. The topological polar surface area (TPSA) is 71.5 Å². The van der Waals surface area contributed by atoms with E-state index in [9.17, 15) is 16.8 Å². The second-order valence-electron chi connectivity index (χ2n) is 5.73. The standard InChI is InChI=1S/C14H19Cl2NO4S2/c1-3-10(2)17(11-6-7-22(18,19)9-11)23(20,21)12-4-5-13(15)14(16)8-12/h4-5,8,10-11H,3,6-7,9H2,1-2H3/t10-,11+/m1/s1. The number of hydrogen-bond donors (Lipinski definition) is 0. The van der Waals surface area contributed by atoms with Crippen LogP contribution in [0.2, 0.25) is 10.0 Å². The SMILES string of the molecule is CC[C@@H](C)N([C@H]1CCS(=O)(=O)C1)S(=O)(=O)c1ccc(Cl)c(Cl)c1. The van der Waals surface area contributed by atoms with Crippen molar-refractivity contribution in [3.05, 3.63) is 28.2 Å². The Bertz CT molecular complexity index is 793. The molecule has 1 aromatic rings. The molecule has 5 nitrogen and oxygen atoms in total. The minimum absolute atomic E-state index is 0.0154. The van der Waals surface area contributed by atoms with Gasteiger partial charge in [0, 0.05) is 12.1 Å².